The molecule has 2 aliphatic rings. The van der Waals surface area contributed by atoms with Crippen LogP contribution in [0.25, 0.3) is 0 Å². The van der Waals surface area contributed by atoms with Crippen LogP contribution in [0.3, 0.4) is 0 Å². The summed E-state index contributed by atoms with van der Waals surface area (Å²) in [5, 5.41) is 3.66. The number of nitrogens with zero attached hydrogens (tertiary/aromatic N) is 1. The molecule has 3 atom stereocenters. The van der Waals surface area contributed by atoms with Gasteiger partial charge in [0.25, 0.3) is 0 Å². The molecule has 1 aromatic carbocycles. The standard InChI is InChI=1S/C19H26ClN3O3.ClH/c1-26-17-7-6-14(20)9-16(17)23-11-13(8-18(23)24)19(25)22-15-5-3-2-4-12(15)10-21;/h6-7,9,12-13,15H,2-5,8,10-11,21H2,1H3,(H,22,25);1H. The van der Waals surface area contributed by atoms with Gasteiger partial charge < -0.3 is 20.7 Å². The highest BCUT2D eigenvalue weighted by molar-refractivity contribution is 6.31. The monoisotopic (exact) mass is 415 g/mol. The molecule has 1 saturated heterocycles. The maximum atomic E-state index is 12.7. The number of amides is 2. The highest BCUT2D eigenvalue weighted by Crippen LogP contribution is 2.35. The summed E-state index contributed by atoms with van der Waals surface area (Å²) in [6, 6.07) is 5.26. The molecule has 3 rings (SSSR count). The van der Waals surface area contributed by atoms with E-state index in [0.29, 0.717) is 35.5 Å². The summed E-state index contributed by atoms with van der Waals surface area (Å²) >= 11 is 6.08. The summed E-state index contributed by atoms with van der Waals surface area (Å²) in [6.45, 7) is 0.918. The highest BCUT2D eigenvalue weighted by Gasteiger charge is 2.38. The largest absolute Gasteiger partial charge is 0.495 e. The third kappa shape index (κ3) is 4.86. The van der Waals surface area contributed by atoms with E-state index in [2.05, 4.69) is 5.32 Å². The lowest BCUT2D eigenvalue weighted by Crippen LogP contribution is -2.47. The van der Waals surface area contributed by atoms with Crippen LogP contribution in [0.1, 0.15) is 32.1 Å². The first-order valence-corrected chi connectivity index (χ1v) is 9.55. The molecule has 0 spiro atoms. The van der Waals surface area contributed by atoms with Crippen LogP contribution >= 0.6 is 24.0 Å². The number of carbonyl (C=O) groups excluding carboxylic acids is 2. The summed E-state index contributed by atoms with van der Waals surface area (Å²) in [5.41, 5.74) is 6.46. The lowest BCUT2D eigenvalue weighted by atomic mass is 9.84. The third-order valence-electron chi connectivity index (χ3n) is 5.47. The molecule has 0 aromatic heterocycles. The molecule has 27 heavy (non-hydrogen) atoms. The molecule has 2 amide bonds. The number of anilines is 1. The zero-order valence-electron chi connectivity index (χ0n) is 15.4. The Morgan fingerprint density at radius 3 is 2.81 bits per heavy atom. The molecule has 0 bridgehead atoms. The van der Waals surface area contributed by atoms with Crippen LogP contribution in [0.2, 0.25) is 5.02 Å². The molecular weight excluding hydrogens is 389 g/mol. The van der Waals surface area contributed by atoms with Crippen molar-refractivity contribution in [2.75, 3.05) is 25.1 Å². The third-order valence-corrected chi connectivity index (χ3v) is 5.70. The number of halogens is 2. The van der Waals surface area contributed by atoms with Crippen molar-refractivity contribution in [3.63, 3.8) is 0 Å². The number of benzene rings is 1. The van der Waals surface area contributed by atoms with Crippen molar-refractivity contribution in [1.82, 2.24) is 5.32 Å². The predicted molar refractivity (Wildman–Crippen MR) is 109 cm³/mol. The van der Waals surface area contributed by atoms with Crippen molar-refractivity contribution in [3.05, 3.63) is 23.2 Å². The van der Waals surface area contributed by atoms with Gasteiger partial charge in [0.1, 0.15) is 5.75 Å². The van der Waals surface area contributed by atoms with Crippen LogP contribution in [-0.4, -0.2) is 38.1 Å². The van der Waals surface area contributed by atoms with Gasteiger partial charge in [-0.3, -0.25) is 9.59 Å². The molecule has 2 fully saturated rings. The Hall–Kier alpha value is -1.50. The van der Waals surface area contributed by atoms with Gasteiger partial charge in [-0.1, -0.05) is 24.4 Å². The summed E-state index contributed by atoms with van der Waals surface area (Å²) in [4.78, 5) is 26.8. The van der Waals surface area contributed by atoms with E-state index >= 15 is 0 Å². The number of carbonyl (C=O) groups is 2. The van der Waals surface area contributed by atoms with Crippen molar-refractivity contribution < 1.29 is 14.3 Å². The Morgan fingerprint density at radius 2 is 2.11 bits per heavy atom. The van der Waals surface area contributed by atoms with E-state index in [9.17, 15) is 9.59 Å². The molecule has 150 valence electrons. The van der Waals surface area contributed by atoms with Gasteiger partial charge in [-0.2, -0.15) is 0 Å². The van der Waals surface area contributed by atoms with E-state index in [4.69, 9.17) is 22.1 Å². The van der Waals surface area contributed by atoms with Gasteiger partial charge in [-0.05, 0) is 43.5 Å². The fourth-order valence-corrected chi connectivity index (χ4v) is 4.14. The Morgan fingerprint density at radius 1 is 1.37 bits per heavy atom. The van der Waals surface area contributed by atoms with Crippen LogP contribution in [0.4, 0.5) is 5.69 Å². The van der Waals surface area contributed by atoms with Crippen molar-refractivity contribution in [2.45, 2.75) is 38.1 Å². The topological polar surface area (TPSA) is 84.7 Å². The van der Waals surface area contributed by atoms with Crippen LogP contribution in [-0.2, 0) is 9.59 Å². The average Bonchev–Trinajstić information content (AvgIpc) is 3.04. The van der Waals surface area contributed by atoms with Gasteiger partial charge in [0.05, 0.1) is 18.7 Å². The van der Waals surface area contributed by atoms with Crippen molar-refractivity contribution >= 4 is 41.5 Å². The zero-order chi connectivity index (χ0) is 18.7. The number of hydrogen-bond donors (Lipinski definition) is 2. The second-order valence-corrected chi connectivity index (χ2v) is 7.55. The minimum Gasteiger partial charge on any atom is -0.495 e. The fourth-order valence-electron chi connectivity index (χ4n) is 3.97. The fraction of sp³-hybridized carbons (Fsp3) is 0.579. The molecule has 1 heterocycles. The van der Waals surface area contributed by atoms with Crippen molar-refractivity contribution in [1.29, 1.82) is 0 Å². The van der Waals surface area contributed by atoms with Gasteiger partial charge in [0.15, 0.2) is 0 Å². The number of ether oxygens (including phenoxy) is 1. The lowest BCUT2D eigenvalue weighted by Gasteiger charge is -2.32. The smallest absolute Gasteiger partial charge is 0.227 e. The first kappa shape index (κ1) is 21.8. The molecular formula is C19H27Cl2N3O3. The molecule has 6 nitrogen and oxygen atoms in total. The normalized spacial score (nSPS) is 25.1. The van der Waals surface area contributed by atoms with E-state index in [1.54, 1.807) is 30.2 Å². The Balaban J connectivity index is 0.00000261. The van der Waals surface area contributed by atoms with Gasteiger partial charge in [0, 0.05) is 24.0 Å². The number of nitrogens with one attached hydrogen (secondary N) is 1. The number of hydrogen-bond acceptors (Lipinski definition) is 4. The first-order valence-electron chi connectivity index (χ1n) is 9.17. The van der Waals surface area contributed by atoms with Gasteiger partial charge in [-0.25, -0.2) is 0 Å². The van der Waals surface area contributed by atoms with E-state index in [0.717, 1.165) is 19.3 Å². The SMILES string of the molecule is COc1ccc(Cl)cc1N1CC(C(=O)NC2CCCCC2CN)CC1=O.Cl. The molecule has 3 unspecified atom stereocenters. The molecule has 1 aliphatic carbocycles. The number of rotatable bonds is 5. The van der Waals surface area contributed by atoms with E-state index in [1.165, 1.54) is 6.42 Å². The summed E-state index contributed by atoms with van der Waals surface area (Å²) in [5.74, 6) is 0.372. The number of nitrogens with two attached hydrogens (primary N) is 1. The quantitative estimate of drug-likeness (QED) is 0.773. The summed E-state index contributed by atoms with van der Waals surface area (Å²) in [6.07, 6.45) is 4.48. The van der Waals surface area contributed by atoms with E-state index in [1.807, 2.05) is 0 Å². The second kappa shape index (κ2) is 9.62. The molecule has 1 saturated carbocycles. The summed E-state index contributed by atoms with van der Waals surface area (Å²) < 4.78 is 5.34. The maximum absolute atomic E-state index is 12.7. The van der Waals surface area contributed by atoms with Crippen LogP contribution in [0, 0.1) is 11.8 Å². The maximum Gasteiger partial charge on any atom is 0.227 e. The van der Waals surface area contributed by atoms with Crippen LogP contribution < -0.4 is 20.7 Å². The minimum absolute atomic E-state index is 0. The second-order valence-electron chi connectivity index (χ2n) is 7.12. The van der Waals surface area contributed by atoms with Crippen LogP contribution in [0.15, 0.2) is 18.2 Å². The molecule has 0 radical (unpaired) electrons. The highest BCUT2D eigenvalue weighted by atomic mass is 35.5. The van der Waals surface area contributed by atoms with E-state index in [-0.39, 0.29) is 42.6 Å². The van der Waals surface area contributed by atoms with Crippen LogP contribution in [0.5, 0.6) is 5.75 Å². The molecule has 1 aliphatic heterocycles. The minimum atomic E-state index is -0.369. The number of methoxy groups -OCH3 is 1. The lowest BCUT2D eigenvalue weighted by molar-refractivity contribution is -0.127. The Labute approximate surface area is 171 Å². The molecule has 1 aromatic rings. The molecule has 3 N–H and O–H groups in total. The van der Waals surface area contributed by atoms with Gasteiger partial charge in [0.2, 0.25) is 11.8 Å². The van der Waals surface area contributed by atoms with Crippen molar-refractivity contribution in [2.24, 2.45) is 17.6 Å². The molecule has 8 heteroatoms. The van der Waals surface area contributed by atoms with Crippen molar-refractivity contribution in [3.8, 4) is 5.75 Å². The zero-order valence-corrected chi connectivity index (χ0v) is 17.0. The van der Waals surface area contributed by atoms with E-state index < -0.39 is 0 Å². The van der Waals surface area contributed by atoms with Gasteiger partial charge >= 0.3 is 0 Å². The predicted octanol–water partition coefficient (Wildman–Crippen LogP) is 2.76. The van der Waals surface area contributed by atoms with Gasteiger partial charge in [-0.15, -0.1) is 12.4 Å². The average molecular weight is 416 g/mol. The Bertz CT molecular complexity index is 686. The first-order chi connectivity index (χ1) is 12.5. The Kier molecular flexibility index (Phi) is 7.77. The summed E-state index contributed by atoms with van der Waals surface area (Å²) in [7, 11) is 1.55.